The molecule has 2 aromatic rings. The molecule has 22 heavy (non-hydrogen) atoms. The second kappa shape index (κ2) is 5.34. The number of nitrogens with one attached hydrogen (secondary N) is 1. The van der Waals surface area contributed by atoms with Crippen LogP contribution in [0.4, 0.5) is 5.69 Å². The molecule has 0 bridgehead atoms. The maximum Gasteiger partial charge on any atom is 0.258 e. The van der Waals surface area contributed by atoms with Crippen molar-refractivity contribution in [1.29, 1.82) is 0 Å². The molecule has 0 aromatic heterocycles. The summed E-state index contributed by atoms with van der Waals surface area (Å²) >= 11 is 0. The smallest absolute Gasteiger partial charge is 0.258 e. The summed E-state index contributed by atoms with van der Waals surface area (Å²) < 4.78 is 0. The number of carbonyl (C=O) groups excluding carboxylic acids is 1. The van der Waals surface area contributed by atoms with E-state index in [4.69, 9.17) is 0 Å². The van der Waals surface area contributed by atoms with Gasteiger partial charge in [-0.2, -0.15) is 0 Å². The topological polar surface area (TPSA) is 32.3 Å². The quantitative estimate of drug-likeness (QED) is 0.870. The third kappa shape index (κ3) is 2.19. The third-order valence-electron chi connectivity index (χ3n) is 4.25. The fraction of sp³-hybridized carbons (Fsp3) is 0.211. The van der Waals surface area contributed by atoms with Crippen LogP contribution in [-0.2, 0) is 5.66 Å². The monoisotopic (exact) mass is 292 g/mol. The van der Waals surface area contributed by atoms with Gasteiger partial charge in [0.15, 0.2) is 0 Å². The van der Waals surface area contributed by atoms with E-state index in [1.165, 1.54) is 5.56 Å². The molecule has 1 atom stereocenters. The molecule has 3 nitrogen and oxygen atoms in total. The van der Waals surface area contributed by atoms with Crippen LogP contribution in [0.1, 0.15) is 28.4 Å². The van der Waals surface area contributed by atoms with E-state index in [0.29, 0.717) is 12.1 Å². The van der Waals surface area contributed by atoms with E-state index >= 15 is 0 Å². The lowest BCUT2D eigenvalue weighted by atomic mass is 9.93. The Kier molecular flexibility index (Phi) is 3.49. The normalized spacial score (nSPS) is 20.3. The Morgan fingerprint density at radius 3 is 2.55 bits per heavy atom. The molecule has 1 N–H and O–H groups in total. The summed E-state index contributed by atoms with van der Waals surface area (Å²) in [4.78, 5) is 14.7. The molecule has 0 fully saturated rings. The van der Waals surface area contributed by atoms with Crippen molar-refractivity contribution >= 4 is 11.6 Å². The first kappa shape index (κ1) is 14.4. The summed E-state index contributed by atoms with van der Waals surface area (Å²) in [5, 5.41) is 3.53. The lowest BCUT2D eigenvalue weighted by molar-refractivity contribution is 0.0572. The number of para-hydroxylation sites is 1. The number of carbonyl (C=O) groups is 1. The minimum atomic E-state index is -0.590. The van der Waals surface area contributed by atoms with E-state index in [2.05, 4.69) is 43.1 Å². The minimum absolute atomic E-state index is 0.0253. The average molecular weight is 292 g/mol. The lowest BCUT2D eigenvalue weighted by Crippen LogP contribution is -2.55. The van der Waals surface area contributed by atoms with Crippen molar-refractivity contribution in [3.8, 4) is 0 Å². The molecule has 112 valence electrons. The number of anilines is 1. The van der Waals surface area contributed by atoms with Crippen LogP contribution in [-0.4, -0.2) is 17.4 Å². The van der Waals surface area contributed by atoms with Crippen LogP contribution >= 0.6 is 0 Å². The molecule has 1 aliphatic heterocycles. The summed E-state index contributed by atoms with van der Waals surface area (Å²) in [5.41, 5.74) is 3.24. The molecule has 0 saturated carbocycles. The molecule has 2 aromatic carbocycles. The summed E-state index contributed by atoms with van der Waals surface area (Å²) in [7, 11) is 0. The molecule has 1 aliphatic rings. The fourth-order valence-electron chi connectivity index (χ4n) is 2.96. The number of nitrogens with zero attached hydrogens (tertiary/aromatic N) is 1. The maximum atomic E-state index is 12.9. The van der Waals surface area contributed by atoms with Gasteiger partial charge in [0.2, 0.25) is 0 Å². The Morgan fingerprint density at radius 2 is 1.86 bits per heavy atom. The van der Waals surface area contributed by atoms with Gasteiger partial charge in [-0.15, -0.1) is 6.58 Å². The Morgan fingerprint density at radius 1 is 1.18 bits per heavy atom. The van der Waals surface area contributed by atoms with Gasteiger partial charge in [0, 0.05) is 12.2 Å². The van der Waals surface area contributed by atoms with Gasteiger partial charge in [-0.3, -0.25) is 4.79 Å². The van der Waals surface area contributed by atoms with Crippen molar-refractivity contribution in [3.05, 3.63) is 77.9 Å². The number of amides is 1. The van der Waals surface area contributed by atoms with Crippen LogP contribution in [0.3, 0.4) is 0 Å². The average Bonchev–Trinajstić information content (AvgIpc) is 2.52. The Bertz CT molecular complexity index is 720. The predicted molar refractivity (Wildman–Crippen MR) is 89.8 cm³/mol. The highest BCUT2D eigenvalue weighted by molar-refractivity contribution is 6.02. The standard InChI is InChI=1S/C19H20N2O/c1-4-13-21-18(22)16-7-5-6-8-17(16)20-19(21,3)15-11-9-14(2)10-12-15/h4-12,20H,1,13H2,2-3H3. The van der Waals surface area contributed by atoms with Crippen LogP contribution in [0.5, 0.6) is 0 Å². The van der Waals surface area contributed by atoms with Gasteiger partial charge >= 0.3 is 0 Å². The third-order valence-corrected chi connectivity index (χ3v) is 4.25. The second-order valence-electron chi connectivity index (χ2n) is 5.81. The van der Waals surface area contributed by atoms with Crippen LogP contribution in [0.25, 0.3) is 0 Å². The SMILES string of the molecule is C=CCN1C(=O)c2ccccc2NC1(C)c1ccc(C)cc1. The van der Waals surface area contributed by atoms with Gasteiger partial charge in [0.25, 0.3) is 5.91 Å². The first-order valence-electron chi connectivity index (χ1n) is 7.43. The number of aryl methyl sites for hydroxylation is 1. The van der Waals surface area contributed by atoms with E-state index < -0.39 is 5.66 Å². The lowest BCUT2D eigenvalue weighted by Gasteiger charge is -2.46. The number of benzene rings is 2. The Labute approximate surface area is 131 Å². The summed E-state index contributed by atoms with van der Waals surface area (Å²) in [6.45, 7) is 8.38. The van der Waals surface area contributed by atoms with Crippen molar-refractivity contribution < 1.29 is 4.79 Å². The number of hydrogen-bond acceptors (Lipinski definition) is 2. The van der Waals surface area contributed by atoms with E-state index in [1.807, 2.05) is 36.1 Å². The summed E-state index contributed by atoms with van der Waals surface area (Å²) in [6.07, 6.45) is 1.76. The van der Waals surface area contributed by atoms with Gasteiger partial charge in [-0.25, -0.2) is 0 Å². The van der Waals surface area contributed by atoms with E-state index in [9.17, 15) is 4.79 Å². The van der Waals surface area contributed by atoms with Crippen molar-refractivity contribution in [2.75, 3.05) is 11.9 Å². The number of rotatable bonds is 3. The molecule has 1 amide bonds. The van der Waals surface area contributed by atoms with Crippen molar-refractivity contribution in [3.63, 3.8) is 0 Å². The summed E-state index contributed by atoms with van der Waals surface area (Å²) in [6, 6.07) is 15.9. The zero-order valence-electron chi connectivity index (χ0n) is 13.0. The first-order valence-corrected chi connectivity index (χ1v) is 7.43. The van der Waals surface area contributed by atoms with E-state index in [-0.39, 0.29) is 5.91 Å². The van der Waals surface area contributed by atoms with Crippen LogP contribution < -0.4 is 5.32 Å². The molecule has 0 radical (unpaired) electrons. The van der Waals surface area contributed by atoms with Crippen LogP contribution in [0, 0.1) is 6.92 Å². The van der Waals surface area contributed by atoms with Gasteiger partial charge in [0.1, 0.15) is 5.66 Å². The first-order chi connectivity index (χ1) is 10.6. The van der Waals surface area contributed by atoms with Gasteiger partial charge in [-0.05, 0) is 31.5 Å². The molecule has 1 heterocycles. The van der Waals surface area contributed by atoms with Gasteiger partial charge in [0.05, 0.1) is 5.56 Å². The van der Waals surface area contributed by atoms with Crippen molar-refractivity contribution in [2.45, 2.75) is 19.5 Å². The Hall–Kier alpha value is -2.55. The molecule has 0 aliphatic carbocycles. The highest BCUT2D eigenvalue weighted by Crippen LogP contribution is 2.37. The maximum absolute atomic E-state index is 12.9. The largest absolute Gasteiger partial charge is 0.358 e. The number of fused-ring (bicyclic) bond motifs is 1. The predicted octanol–water partition coefficient (Wildman–Crippen LogP) is 3.92. The zero-order chi connectivity index (χ0) is 15.7. The molecule has 0 spiro atoms. The molecular weight excluding hydrogens is 272 g/mol. The molecule has 1 unspecified atom stereocenters. The zero-order valence-corrected chi connectivity index (χ0v) is 13.0. The van der Waals surface area contributed by atoms with Gasteiger partial charge in [-0.1, -0.05) is 48.0 Å². The highest BCUT2D eigenvalue weighted by atomic mass is 16.2. The molecular formula is C19H20N2O. The van der Waals surface area contributed by atoms with Crippen molar-refractivity contribution in [2.24, 2.45) is 0 Å². The van der Waals surface area contributed by atoms with Gasteiger partial charge < -0.3 is 10.2 Å². The van der Waals surface area contributed by atoms with E-state index in [0.717, 1.165) is 11.3 Å². The van der Waals surface area contributed by atoms with Crippen LogP contribution in [0.15, 0.2) is 61.2 Å². The summed E-state index contributed by atoms with van der Waals surface area (Å²) in [5.74, 6) is 0.0253. The minimum Gasteiger partial charge on any atom is -0.358 e. The Balaban J connectivity index is 2.14. The van der Waals surface area contributed by atoms with Crippen molar-refractivity contribution in [1.82, 2.24) is 4.90 Å². The van der Waals surface area contributed by atoms with Crippen LogP contribution in [0.2, 0.25) is 0 Å². The fourth-order valence-corrected chi connectivity index (χ4v) is 2.96. The highest BCUT2D eigenvalue weighted by Gasteiger charge is 2.41. The molecule has 3 heteroatoms. The second-order valence-corrected chi connectivity index (χ2v) is 5.81. The number of hydrogen-bond donors (Lipinski definition) is 1. The van der Waals surface area contributed by atoms with E-state index in [1.54, 1.807) is 6.08 Å². The molecule has 3 rings (SSSR count). The molecule has 0 saturated heterocycles.